The molecule has 0 bridgehead atoms. The molecule has 0 saturated carbocycles. The van der Waals surface area contributed by atoms with Crippen molar-refractivity contribution >= 4 is 28.3 Å². The van der Waals surface area contributed by atoms with Crippen molar-refractivity contribution in [2.24, 2.45) is 5.92 Å². The molecule has 0 spiro atoms. The maximum atomic E-state index is 6.07. The molecule has 22 heavy (non-hydrogen) atoms. The van der Waals surface area contributed by atoms with Gasteiger partial charge in [-0.3, -0.25) is 4.40 Å². The Morgan fingerprint density at radius 3 is 3.14 bits per heavy atom. The molecule has 1 aliphatic rings. The summed E-state index contributed by atoms with van der Waals surface area (Å²) < 4.78 is 7.82. The minimum atomic E-state index is 0.530. The van der Waals surface area contributed by atoms with E-state index in [1.807, 2.05) is 22.6 Å². The maximum Gasteiger partial charge on any atom is 0.260 e. The first-order valence-electron chi connectivity index (χ1n) is 7.31. The van der Waals surface area contributed by atoms with Gasteiger partial charge in [0, 0.05) is 17.5 Å². The Kier molecular flexibility index (Phi) is 3.35. The highest BCUT2D eigenvalue weighted by Gasteiger charge is 2.21. The molecule has 0 amide bonds. The lowest BCUT2D eigenvalue weighted by atomic mass is 10.1. The molecule has 3 heterocycles. The van der Waals surface area contributed by atoms with Gasteiger partial charge < -0.3 is 9.64 Å². The van der Waals surface area contributed by atoms with E-state index in [0.717, 1.165) is 30.5 Å². The highest BCUT2D eigenvalue weighted by Crippen LogP contribution is 2.25. The number of ether oxygens (including phenoxy) is 1. The summed E-state index contributed by atoms with van der Waals surface area (Å²) in [5, 5.41) is 8.77. The largest absolute Gasteiger partial charge is 0.475 e. The highest BCUT2D eigenvalue weighted by atomic mass is 35.5. The zero-order valence-corrected chi connectivity index (χ0v) is 13.0. The molecule has 114 valence electrons. The van der Waals surface area contributed by atoms with Gasteiger partial charge in [-0.15, -0.1) is 10.2 Å². The molecule has 0 N–H and O–H groups in total. The summed E-state index contributed by atoms with van der Waals surface area (Å²) in [6, 6.07) is 5.56. The second kappa shape index (κ2) is 5.37. The molecule has 1 saturated heterocycles. The summed E-state index contributed by atoms with van der Waals surface area (Å²) in [5.74, 6) is 1.07. The van der Waals surface area contributed by atoms with E-state index in [4.69, 9.17) is 16.3 Å². The van der Waals surface area contributed by atoms with Crippen LogP contribution in [-0.4, -0.2) is 51.2 Å². The molecule has 1 atom stereocenters. The number of fused-ring (bicyclic) bond motifs is 3. The van der Waals surface area contributed by atoms with Crippen molar-refractivity contribution in [3.8, 4) is 5.88 Å². The summed E-state index contributed by atoms with van der Waals surface area (Å²) in [4.78, 5) is 6.89. The molecule has 4 rings (SSSR count). The van der Waals surface area contributed by atoms with Gasteiger partial charge in [0.15, 0.2) is 0 Å². The van der Waals surface area contributed by atoms with Crippen LogP contribution >= 0.6 is 11.6 Å². The molecule has 3 aromatic rings. The molecule has 2 aromatic heterocycles. The zero-order valence-electron chi connectivity index (χ0n) is 12.2. The molecule has 6 nitrogen and oxygen atoms in total. The molecule has 0 radical (unpaired) electrons. The van der Waals surface area contributed by atoms with E-state index in [9.17, 15) is 0 Å². The standard InChI is InChI=1S/C15H16ClN5O/c1-20-5-4-10(7-20)8-22-15-14-19-17-9-21(14)13-6-11(16)2-3-12(13)18-15/h2-3,6,9-10H,4-5,7-8H2,1H3. The van der Waals surface area contributed by atoms with Crippen LogP contribution in [0.4, 0.5) is 0 Å². The first-order valence-corrected chi connectivity index (χ1v) is 7.69. The van der Waals surface area contributed by atoms with Crippen molar-refractivity contribution in [2.75, 3.05) is 26.7 Å². The van der Waals surface area contributed by atoms with Gasteiger partial charge in [-0.25, -0.2) is 4.98 Å². The van der Waals surface area contributed by atoms with Crippen LogP contribution in [0.3, 0.4) is 0 Å². The number of nitrogens with zero attached hydrogens (tertiary/aromatic N) is 5. The first kappa shape index (κ1) is 13.7. The number of aromatic nitrogens is 4. The molecule has 1 aliphatic heterocycles. The van der Waals surface area contributed by atoms with Crippen molar-refractivity contribution in [2.45, 2.75) is 6.42 Å². The zero-order chi connectivity index (χ0) is 15.1. The van der Waals surface area contributed by atoms with E-state index in [-0.39, 0.29) is 0 Å². The summed E-state index contributed by atoms with van der Waals surface area (Å²) >= 11 is 6.07. The summed E-state index contributed by atoms with van der Waals surface area (Å²) in [7, 11) is 2.13. The van der Waals surface area contributed by atoms with Gasteiger partial charge in [0.1, 0.15) is 6.33 Å². The van der Waals surface area contributed by atoms with Crippen LogP contribution in [0.5, 0.6) is 5.88 Å². The van der Waals surface area contributed by atoms with E-state index in [2.05, 4.69) is 27.1 Å². The Bertz CT molecular complexity index is 833. The Morgan fingerprint density at radius 2 is 2.32 bits per heavy atom. The number of halogens is 1. The Hall–Kier alpha value is -1.92. The number of likely N-dealkylation sites (tertiary alicyclic amines) is 1. The average Bonchev–Trinajstić information content (AvgIpc) is 3.14. The molecular formula is C15H16ClN5O. The SMILES string of the molecule is CN1CCC(COc2nc3ccc(Cl)cc3n3cnnc23)C1. The molecule has 1 fully saturated rings. The van der Waals surface area contributed by atoms with Crippen LogP contribution in [0.1, 0.15) is 6.42 Å². The van der Waals surface area contributed by atoms with Gasteiger partial charge in [-0.1, -0.05) is 11.6 Å². The van der Waals surface area contributed by atoms with Crippen LogP contribution in [0, 0.1) is 5.92 Å². The lowest BCUT2D eigenvalue weighted by Gasteiger charge is -2.12. The van der Waals surface area contributed by atoms with E-state index >= 15 is 0 Å². The van der Waals surface area contributed by atoms with Gasteiger partial charge in [0.25, 0.3) is 5.88 Å². The monoisotopic (exact) mass is 317 g/mol. The van der Waals surface area contributed by atoms with Crippen molar-refractivity contribution in [1.82, 2.24) is 24.5 Å². The van der Waals surface area contributed by atoms with E-state index in [1.165, 1.54) is 0 Å². The van der Waals surface area contributed by atoms with Crippen LogP contribution in [-0.2, 0) is 0 Å². The highest BCUT2D eigenvalue weighted by molar-refractivity contribution is 6.31. The van der Waals surface area contributed by atoms with Crippen LogP contribution in [0.15, 0.2) is 24.5 Å². The van der Waals surface area contributed by atoms with Crippen molar-refractivity contribution < 1.29 is 4.74 Å². The molecule has 7 heteroatoms. The lowest BCUT2D eigenvalue weighted by molar-refractivity contribution is 0.243. The predicted octanol–water partition coefficient (Wildman–Crippen LogP) is 2.26. The van der Waals surface area contributed by atoms with Crippen LogP contribution < -0.4 is 4.74 Å². The second-order valence-corrected chi connectivity index (χ2v) is 6.24. The van der Waals surface area contributed by atoms with E-state index < -0.39 is 0 Å². The minimum absolute atomic E-state index is 0.530. The Labute approximate surface area is 132 Å². The normalized spacial score (nSPS) is 19.3. The fourth-order valence-electron chi connectivity index (χ4n) is 2.96. The predicted molar refractivity (Wildman–Crippen MR) is 84.4 cm³/mol. The number of rotatable bonds is 3. The van der Waals surface area contributed by atoms with E-state index in [1.54, 1.807) is 6.33 Å². The fourth-order valence-corrected chi connectivity index (χ4v) is 3.12. The smallest absolute Gasteiger partial charge is 0.260 e. The molecule has 1 unspecified atom stereocenters. The maximum absolute atomic E-state index is 6.07. The third kappa shape index (κ3) is 2.38. The van der Waals surface area contributed by atoms with Crippen molar-refractivity contribution in [3.05, 3.63) is 29.5 Å². The molecular weight excluding hydrogens is 302 g/mol. The summed E-state index contributed by atoms with van der Waals surface area (Å²) in [6.07, 6.45) is 2.81. The van der Waals surface area contributed by atoms with E-state index in [0.29, 0.717) is 29.1 Å². The van der Waals surface area contributed by atoms with Crippen LogP contribution in [0.2, 0.25) is 5.02 Å². The molecule has 0 aliphatic carbocycles. The van der Waals surface area contributed by atoms with Crippen molar-refractivity contribution in [3.63, 3.8) is 0 Å². The molecule has 1 aromatic carbocycles. The summed E-state index contributed by atoms with van der Waals surface area (Å²) in [5.41, 5.74) is 2.32. The quantitative estimate of drug-likeness (QED) is 0.741. The average molecular weight is 318 g/mol. The lowest BCUT2D eigenvalue weighted by Crippen LogP contribution is -2.18. The number of hydrogen-bond donors (Lipinski definition) is 0. The first-order chi connectivity index (χ1) is 10.7. The third-order valence-electron chi connectivity index (χ3n) is 4.10. The number of benzene rings is 1. The third-order valence-corrected chi connectivity index (χ3v) is 4.34. The van der Waals surface area contributed by atoms with Gasteiger partial charge in [0.05, 0.1) is 17.6 Å². The second-order valence-electron chi connectivity index (χ2n) is 5.80. The summed E-state index contributed by atoms with van der Waals surface area (Å²) in [6.45, 7) is 2.84. The fraction of sp³-hybridized carbons (Fsp3) is 0.400. The minimum Gasteiger partial charge on any atom is -0.475 e. The van der Waals surface area contributed by atoms with Gasteiger partial charge >= 0.3 is 0 Å². The van der Waals surface area contributed by atoms with Crippen molar-refractivity contribution in [1.29, 1.82) is 0 Å². The topological polar surface area (TPSA) is 55.5 Å². The number of hydrogen-bond acceptors (Lipinski definition) is 5. The van der Waals surface area contributed by atoms with Gasteiger partial charge in [0.2, 0.25) is 5.65 Å². The Balaban J connectivity index is 1.70. The van der Waals surface area contributed by atoms with Crippen LogP contribution in [0.25, 0.3) is 16.7 Å². The van der Waals surface area contributed by atoms with Gasteiger partial charge in [-0.2, -0.15) is 0 Å². The van der Waals surface area contributed by atoms with Gasteiger partial charge in [-0.05, 0) is 38.2 Å². The Morgan fingerprint density at radius 1 is 1.41 bits per heavy atom.